The van der Waals surface area contributed by atoms with Gasteiger partial charge >= 0.3 is 0 Å². The third-order valence-electron chi connectivity index (χ3n) is 2.80. The first-order chi connectivity index (χ1) is 8.31. The first-order valence-electron chi connectivity index (χ1n) is 6.02. The van der Waals surface area contributed by atoms with E-state index in [1.54, 1.807) is 0 Å². The lowest BCUT2D eigenvalue weighted by molar-refractivity contribution is 0.629. The van der Waals surface area contributed by atoms with Gasteiger partial charge < -0.3 is 5.32 Å². The number of aryl methyl sites for hydroxylation is 1. The zero-order chi connectivity index (χ0) is 12.1. The van der Waals surface area contributed by atoms with Crippen LogP contribution < -0.4 is 5.32 Å². The number of benzene rings is 1. The molecule has 2 nitrogen and oxygen atoms in total. The van der Waals surface area contributed by atoms with Gasteiger partial charge in [0.25, 0.3) is 0 Å². The minimum absolute atomic E-state index is 0.253. The molecular formula is C15H18N2. The standard InChI is InChI=1S/C15H18N2/c1-3-16-15(13-7-5-4-6-8-13)14-9-10-17-12(2)11-14/h4-11,15-16H,3H2,1-2H3. The Balaban J connectivity index is 2.35. The quantitative estimate of drug-likeness (QED) is 0.866. The molecule has 1 unspecified atom stereocenters. The molecule has 0 saturated heterocycles. The predicted octanol–water partition coefficient (Wildman–Crippen LogP) is 3.09. The summed E-state index contributed by atoms with van der Waals surface area (Å²) in [6.45, 7) is 5.10. The maximum absolute atomic E-state index is 4.25. The van der Waals surface area contributed by atoms with Crippen LogP contribution >= 0.6 is 0 Å². The zero-order valence-electron chi connectivity index (χ0n) is 10.4. The first-order valence-corrected chi connectivity index (χ1v) is 6.02. The monoisotopic (exact) mass is 226 g/mol. The average molecular weight is 226 g/mol. The molecule has 0 aliphatic carbocycles. The maximum Gasteiger partial charge on any atom is 0.0577 e. The van der Waals surface area contributed by atoms with Gasteiger partial charge in [0.1, 0.15) is 0 Å². The van der Waals surface area contributed by atoms with Crippen molar-refractivity contribution in [2.75, 3.05) is 6.54 Å². The largest absolute Gasteiger partial charge is 0.307 e. The average Bonchev–Trinajstić information content (AvgIpc) is 2.37. The summed E-state index contributed by atoms with van der Waals surface area (Å²) in [5, 5.41) is 3.51. The van der Waals surface area contributed by atoms with E-state index >= 15 is 0 Å². The first kappa shape index (κ1) is 11.8. The van der Waals surface area contributed by atoms with Crippen LogP contribution in [0.4, 0.5) is 0 Å². The SMILES string of the molecule is CCNC(c1ccccc1)c1ccnc(C)c1. The number of pyridine rings is 1. The zero-order valence-corrected chi connectivity index (χ0v) is 10.4. The molecule has 17 heavy (non-hydrogen) atoms. The highest BCUT2D eigenvalue weighted by Crippen LogP contribution is 2.21. The smallest absolute Gasteiger partial charge is 0.0577 e. The van der Waals surface area contributed by atoms with Gasteiger partial charge in [-0.05, 0) is 36.7 Å². The predicted molar refractivity (Wildman–Crippen MR) is 70.9 cm³/mol. The molecule has 1 atom stereocenters. The lowest BCUT2D eigenvalue weighted by Crippen LogP contribution is -2.22. The van der Waals surface area contributed by atoms with E-state index in [4.69, 9.17) is 0 Å². The molecule has 0 radical (unpaired) electrons. The Bertz CT molecular complexity index is 465. The molecule has 2 rings (SSSR count). The van der Waals surface area contributed by atoms with Crippen LogP contribution in [0.25, 0.3) is 0 Å². The van der Waals surface area contributed by atoms with Crippen molar-refractivity contribution in [1.82, 2.24) is 10.3 Å². The van der Waals surface area contributed by atoms with Crippen LogP contribution in [0.5, 0.6) is 0 Å². The molecule has 1 heterocycles. The Morgan fingerprint density at radius 3 is 2.53 bits per heavy atom. The van der Waals surface area contributed by atoms with E-state index in [-0.39, 0.29) is 6.04 Å². The van der Waals surface area contributed by atoms with Crippen LogP contribution in [0.15, 0.2) is 48.7 Å². The van der Waals surface area contributed by atoms with Crippen molar-refractivity contribution in [2.45, 2.75) is 19.9 Å². The Morgan fingerprint density at radius 1 is 1.12 bits per heavy atom. The number of rotatable bonds is 4. The second kappa shape index (κ2) is 5.60. The molecule has 0 saturated carbocycles. The Hall–Kier alpha value is -1.67. The minimum Gasteiger partial charge on any atom is -0.307 e. The van der Waals surface area contributed by atoms with Crippen LogP contribution in [-0.2, 0) is 0 Å². The van der Waals surface area contributed by atoms with Gasteiger partial charge in [-0.1, -0.05) is 37.3 Å². The van der Waals surface area contributed by atoms with Crippen molar-refractivity contribution in [2.24, 2.45) is 0 Å². The van der Waals surface area contributed by atoms with Gasteiger partial charge in [0.2, 0.25) is 0 Å². The third-order valence-corrected chi connectivity index (χ3v) is 2.80. The molecule has 0 amide bonds. The second-order valence-electron chi connectivity index (χ2n) is 4.13. The molecule has 1 aromatic carbocycles. The van der Waals surface area contributed by atoms with Crippen LogP contribution in [0.3, 0.4) is 0 Å². The number of hydrogen-bond acceptors (Lipinski definition) is 2. The Kier molecular flexibility index (Phi) is 3.89. The number of aromatic nitrogens is 1. The fourth-order valence-corrected chi connectivity index (χ4v) is 2.02. The summed E-state index contributed by atoms with van der Waals surface area (Å²) < 4.78 is 0. The lowest BCUT2D eigenvalue weighted by Gasteiger charge is -2.19. The molecular weight excluding hydrogens is 208 g/mol. The lowest BCUT2D eigenvalue weighted by atomic mass is 9.99. The molecule has 1 aromatic heterocycles. The Labute approximate surface area is 103 Å². The molecule has 2 aromatic rings. The van der Waals surface area contributed by atoms with E-state index in [1.807, 2.05) is 19.2 Å². The summed E-state index contributed by atoms with van der Waals surface area (Å²) in [6.07, 6.45) is 1.87. The van der Waals surface area contributed by atoms with E-state index < -0.39 is 0 Å². The summed E-state index contributed by atoms with van der Waals surface area (Å²) >= 11 is 0. The highest BCUT2D eigenvalue weighted by molar-refractivity contribution is 5.31. The fourth-order valence-electron chi connectivity index (χ4n) is 2.02. The normalized spacial score (nSPS) is 12.4. The van der Waals surface area contributed by atoms with E-state index in [0.717, 1.165) is 12.2 Å². The van der Waals surface area contributed by atoms with Crippen molar-refractivity contribution in [1.29, 1.82) is 0 Å². The van der Waals surface area contributed by atoms with Crippen LogP contribution in [0.2, 0.25) is 0 Å². The molecule has 2 heteroatoms. The van der Waals surface area contributed by atoms with Crippen molar-refractivity contribution in [3.05, 3.63) is 65.5 Å². The van der Waals surface area contributed by atoms with Gasteiger partial charge in [-0.25, -0.2) is 0 Å². The van der Waals surface area contributed by atoms with Crippen LogP contribution in [-0.4, -0.2) is 11.5 Å². The van der Waals surface area contributed by atoms with Gasteiger partial charge in [0.05, 0.1) is 6.04 Å². The van der Waals surface area contributed by atoms with Gasteiger partial charge in [-0.15, -0.1) is 0 Å². The van der Waals surface area contributed by atoms with Crippen LogP contribution in [0, 0.1) is 6.92 Å². The number of nitrogens with one attached hydrogen (secondary N) is 1. The molecule has 88 valence electrons. The number of nitrogens with zero attached hydrogens (tertiary/aromatic N) is 1. The summed E-state index contributed by atoms with van der Waals surface area (Å²) in [5.74, 6) is 0. The van der Waals surface area contributed by atoms with Gasteiger partial charge in [-0.3, -0.25) is 4.98 Å². The van der Waals surface area contributed by atoms with E-state index in [2.05, 4.69) is 53.6 Å². The highest BCUT2D eigenvalue weighted by Gasteiger charge is 2.12. The summed E-state index contributed by atoms with van der Waals surface area (Å²) in [6, 6.07) is 15.0. The minimum atomic E-state index is 0.253. The highest BCUT2D eigenvalue weighted by atomic mass is 14.9. The van der Waals surface area contributed by atoms with E-state index in [1.165, 1.54) is 11.1 Å². The topological polar surface area (TPSA) is 24.9 Å². The Morgan fingerprint density at radius 2 is 1.88 bits per heavy atom. The van der Waals surface area contributed by atoms with Crippen molar-refractivity contribution in [3.63, 3.8) is 0 Å². The molecule has 0 fully saturated rings. The summed E-state index contributed by atoms with van der Waals surface area (Å²) in [7, 11) is 0. The third kappa shape index (κ3) is 2.92. The van der Waals surface area contributed by atoms with Crippen LogP contribution in [0.1, 0.15) is 29.8 Å². The van der Waals surface area contributed by atoms with Gasteiger partial charge in [-0.2, -0.15) is 0 Å². The maximum atomic E-state index is 4.25. The molecule has 0 spiro atoms. The molecule has 0 aliphatic rings. The number of hydrogen-bond donors (Lipinski definition) is 1. The summed E-state index contributed by atoms with van der Waals surface area (Å²) in [5.41, 5.74) is 3.62. The van der Waals surface area contributed by atoms with Crippen molar-refractivity contribution in [3.8, 4) is 0 Å². The summed E-state index contributed by atoms with van der Waals surface area (Å²) in [4.78, 5) is 4.25. The molecule has 0 aliphatic heterocycles. The van der Waals surface area contributed by atoms with E-state index in [9.17, 15) is 0 Å². The molecule has 1 N–H and O–H groups in total. The fraction of sp³-hybridized carbons (Fsp3) is 0.267. The van der Waals surface area contributed by atoms with E-state index in [0.29, 0.717) is 0 Å². The van der Waals surface area contributed by atoms with Gasteiger partial charge in [0, 0.05) is 11.9 Å². The van der Waals surface area contributed by atoms with Crippen molar-refractivity contribution >= 4 is 0 Å². The van der Waals surface area contributed by atoms with Crippen molar-refractivity contribution < 1.29 is 0 Å². The second-order valence-corrected chi connectivity index (χ2v) is 4.13. The molecule has 0 bridgehead atoms. The van der Waals surface area contributed by atoms with Gasteiger partial charge in [0.15, 0.2) is 0 Å².